The predicted molar refractivity (Wildman–Crippen MR) is 192 cm³/mol. The number of fused-ring (bicyclic) bond motifs is 2. The fraction of sp³-hybridized carbons (Fsp3) is 0.429. The Hall–Kier alpha value is -4.80. The van der Waals surface area contributed by atoms with E-state index in [1.807, 2.05) is 7.05 Å². The zero-order valence-corrected chi connectivity index (χ0v) is 30.2. The number of methoxy groups -OCH3 is 1. The van der Waals surface area contributed by atoms with E-state index in [0.29, 0.717) is 86.4 Å². The number of benzene rings is 1. The van der Waals surface area contributed by atoms with Gasteiger partial charge in [-0.2, -0.15) is 0 Å². The monoisotopic (exact) mass is 731 g/mol. The van der Waals surface area contributed by atoms with Gasteiger partial charge in [0.25, 0.3) is 11.8 Å². The summed E-state index contributed by atoms with van der Waals surface area (Å²) in [6, 6.07) is 6.86. The quantitative estimate of drug-likeness (QED) is 0.267. The summed E-state index contributed by atoms with van der Waals surface area (Å²) in [6.45, 7) is 5.22. The predicted octanol–water partition coefficient (Wildman–Crippen LogP) is 3.35. The number of hydrogen-bond acceptors (Lipinski definition) is 14. The number of aryl methyl sites for hydroxylation is 1. The van der Waals surface area contributed by atoms with Crippen LogP contribution < -0.4 is 4.74 Å². The van der Waals surface area contributed by atoms with Crippen molar-refractivity contribution in [2.24, 2.45) is 9.98 Å². The molecule has 0 spiro atoms. The van der Waals surface area contributed by atoms with E-state index < -0.39 is 5.78 Å². The van der Waals surface area contributed by atoms with Crippen molar-refractivity contribution in [2.45, 2.75) is 32.6 Å². The number of rotatable bonds is 11. The highest BCUT2D eigenvalue weighted by molar-refractivity contribution is 7.16. The second-order valence-electron chi connectivity index (χ2n) is 12.4. The number of nitrogens with zero attached hydrogens (tertiary/aromatic N) is 7. The molecule has 0 N–H and O–H groups in total. The van der Waals surface area contributed by atoms with Crippen LogP contribution in [0.2, 0.25) is 0 Å². The van der Waals surface area contributed by atoms with Crippen LogP contribution in [-0.4, -0.2) is 138 Å². The molecule has 1 aromatic carbocycles. The van der Waals surface area contributed by atoms with Crippen molar-refractivity contribution >= 4 is 69.0 Å². The summed E-state index contributed by atoms with van der Waals surface area (Å²) < 4.78 is 5.15. The third-order valence-electron chi connectivity index (χ3n) is 8.85. The minimum Gasteiger partial charge on any atom is -0.497 e. The van der Waals surface area contributed by atoms with E-state index in [4.69, 9.17) is 4.74 Å². The maximum atomic E-state index is 13.3. The van der Waals surface area contributed by atoms with E-state index in [9.17, 15) is 28.8 Å². The van der Waals surface area contributed by atoms with Crippen LogP contribution in [0.25, 0.3) is 0 Å². The zero-order chi connectivity index (χ0) is 36.2. The summed E-state index contributed by atoms with van der Waals surface area (Å²) in [7, 11) is 3.51. The van der Waals surface area contributed by atoms with Crippen molar-refractivity contribution in [1.29, 1.82) is 0 Å². The highest BCUT2D eigenvalue weighted by Gasteiger charge is 2.36. The summed E-state index contributed by atoms with van der Waals surface area (Å²) in [6.07, 6.45) is 1.22. The molecule has 3 heterocycles. The van der Waals surface area contributed by atoms with E-state index >= 15 is 0 Å². The van der Waals surface area contributed by atoms with Gasteiger partial charge in [0.15, 0.2) is 16.6 Å². The number of Topliss-reactive ketones (excluding diaryl/α,β-unsaturated/α-hetero) is 4. The van der Waals surface area contributed by atoms with E-state index in [0.717, 1.165) is 11.3 Å². The summed E-state index contributed by atoms with van der Waals surface area (Å²) in [5, 5.41) is 0.763. The van der Waals surface area contributed by atoms with Gasteiger partial charge in [0.2, 0.25) is 11.6 Å². The van der Waals surface area contributed by atoms with Crippen LogP contribution in [0.4, 0.5) is 0 Å². The Morgan fingerprint density at radius 1 is 0.784 bits per heavy atom. The molecule has 1 saturated heterocycles. The van der Waals surface area contributed by atoms with Crippen molar-refractivity contribution in [1.82, 2.24) is 24.7 Å². The normalized spacial score (nSPS) is 17.8. The second-order valence-corrected chi connectivity index (χ2v) is 14.6. The minimum atomic E-state index is -0.432. The first-order chi connectivity index (χ1) is 24.5. The third-order valence-corrected chi connectivity index (χ3v) is 10.9. The number of thiazole rings is 2. The number of aromatic nitrogens is 2. The van der Waals surface area contributed by atoms with Crippen LogP contribution in [0.5, 0.6) is 5.75 Å². The number of hydrogen-bond donors (Lipinski definition) is 0. The lowest BCUT2D eigenvalue weighted by Crippen LogP contribution is -2.50. The molecule has 0 saturated carbocycles. The molecule has 266 valence electrons. The van der Waals surface area contributed by atoms with Gasteiger partial charge in [-0.15, -0.1) is 22.7 Å². The number of ether oxygens (including phenoxy) is 1. The van der Waals surface area contributed by atoms with Crippen LogP contribution >= 0.6 is 22.7 Å². The van der Waals surface area contributed by atoms with Crippen LogP contribution in [-0.2, 0) is 0 Å². The molecule has 3 aliphatic rings. The fourth-order valence-electron chi connectivity index (χ4n) is 6.06. The molecule has 14 nitrogen and oxygen atoms in total. The van der Waals surface area contributed by atoms with Gasteiger partial charge in [-0.05, 0) is 64.2 Å². The molecule has 2 amide bonds. The molecule has 0 radical (unpaired) electrons. The lowest BCUT2D eigenvalue weighted by Gasteiger charge is -2.34. The maximum Gasteiger partial charge on any atom is 0.282 e. The average Bonchev–Trinajstić information content (AvgIpc) is 3.77. The minimum absolute atomic E-state index is 0.0119. The first-order valence-corrected chi connectivity index (χ1v) is 18.3. The molecule has 0 bridgehead atoms. The molecule has 2 aliphatic carbocycles. The lowest BCUT2D eigenvalue weighted by atomic mass is 9.98. The Kier molecular flexibility index (Phi) is 11.0. The maximum absolute atomic E-state index is 13.3. The highest BCUT2D eigenvalue weighted by atomic mass is 32.1. The van der Waals surface area contributed by atoms with Gasteiger partial charge in [-0.1, -0.05) is 0 Å². The largest absolute Gasteiger partial charge is 0.497 e. The van der Waals surface area contributed by atoms with Gasteiger partial charge < -0.3 is 19.4 Å². The van der Waals surface area contributed by atoms with Gasteiger partial charge in [-0.25, -0.2) is 9.97 Å². The smallest absolute Gasteiger partial charge is 0.282 e. The third kappa shape index (κ3) is 7.92. The average molecular weight is 732 g/mol. The Morgan fingerprint density at radius 3 is 1.84 bits per heavy atom. The van der Waals surface area contributed by atoms with E-state index in [1.54, 1.807) is 48.1 Å². The number of piperazine rings is 1. The first-order valence-electron chi connectivity index (χ1n) is 16.7. The van der Waals surface area contributed by atoms with Crippen molar-refractivity contribution < 1.29 is 33.5 Å². The fourth-order valence-corrected chi connectivity index (χ4v) is 7.88. The van der Waals surface area contributed by atoms with Gasteiger partial charge in [0.05, 0.1) is 36.4 Å². The van der Waals surface area contributed by atoms with Crippen LogP contribution in [0.3, 0.4) is 0 Å². The molecule has 51 heavy (non-hydrogen) atoms. The van der Waals surface area contributed by atoms with E-state index in [1.165, 1.54) is 11.3 Å². The summed E-state index contributed by atoms with van der Waals surface area (Å²) in [5.41, 5.74) is 1.14. The Bertz CT molecular complexity index is 1960. The number of aliphatic imine (C=N–C) groups is 2. The SMILES string of the molecule is COc1ccc(C(=O)N2CCN(C(=O)c3nc4c(s3)C(=O)CC(=NCCCN(C)CCCN=C3CC(=O)c5sc(C)nc5C3=O)C4=O)CC2)cc1. The lowest BCUT2D eigenvalue weighted by molar-refractivity contribution is 0.0535. The van der Waals surface area contributed by atoms with Crippen molar-refractivity contribution in [3.63, 3.8) is 0 Å². The van der Waals surface area contributed by atoms with Crippen molar-refractivity contribution in [2.75, 3.05) is 66.5 Å². The molecule has 3 aromatic rings. The van der Waals surface area contributed by atoms with Gasteiger partial charge >= 0.3 is 0 Å². The van der Waals surface area contributed by atoms with Crippen LogP contribution in [0, 0.1) is 6.92 Å². The zero-order valence-electron chi connectivity index (χ0n) is 28.6. The van der Waals surface area contributed by atoms with Crippen LogP contribution in [0.1, 0.15) is 91.2 Å². The Morgan fingerprint density at radius 2 is 1.29 bits per heavy atom. The number of carbonyl (C=O) groups is 6. The topological polar surface area (TPSA) is 172 Å². The number of ketones is 4. The molecular formula is C35H37N7O7S2. The molecule has 16 heteroatoms. The standard InChI is InChI=1S/C35H37N7O7S2/c1-20-38-27-29(45)23(18-25(43)31(27)50-20)36-10-4-12-40(2)13-5-11-37-24-19-26(44)32-28(30(24)46)39-33(51-32)35(48)42-16-14-41(15-17-42)34(47)21-6-8-22(49-3)9-7-21/h6-9H,4-5,10-19H2,1-3H3. The van der Waals surface area contributed by atoms with Gasteiger partial charge in [0, 0.05) is 44.8 Å². The van der Waals surface area contributed by atoms with Crippen LogP contribution in [0.15, 0.2) is 34.3 Å². The van der Waals surface area contributed by atoms with E-state index in [-0.39, 0.29) is 74.7 Å². The molecule has 0 atom stereocenters. The second kappa shape index (κ2) is 15.6. The first kappa shape index (κ1) is 36.0. The molecular weight excluding hydrogens is 695 g/mol. The van der Waals surface area contributed by atoms with Crippen molar-refractivity contribution in [3.8, 4) is 5.75 Å². The molecule has 1 aliphatic heterocycles. The van der Waals surface area contributed by atoms with Crippen molar-refractivity contribution in [3.05, 3.63) is 61.0 Å². The molecule has 2 aromatic heterocycles. The number of carbonyl (C=O) groups excluding carboxylic acids is 6. The Labute approximate surface area is 302 Å². The van der Waals surface area contributed by atoms with E-state index in [2.05, 4.69) is 24.9 Å². The Balaban J connectivity index is 0.950. The molecule has 0 unspecified atom stereocenters. The number of amides is 2. The summed E-state index contributed by atoms with van der Waals surface area (Å²) in [5.74, 6) is -0.942. The molecule has 1 fully saturated rings. The summed E-state index contributed by atoms with van der Waals surface area (Å²) in [4.78, 5) is 101. The summed E-state index contributed by atoms with van der Waals surface area (Å²) >= 11 is 2.18. The molecule has 6 rings (SSSR count). The highest BCUT2D eigenvalue weighted by Crippen LogP contribution is 2.28. The van der Waals surface area contributed by atoms with Gasteiger partial charge in [0.1, 0.15) is 26.9 Å². The van der Waals surface area contributed by atoms with Gasteiger partial charge in [-0.3, -0.25) is 38.8 Å².